The van der Waals surface area contributed by atoms with Crippen LogP contribution in [0.5, 0.6) is 0 Å². The molecule has 0 unspecified atom stereocenters. The molecule has 0 spiro atoms. The fourth-order valence-electron chi connectivity index (χ4n) is 2.75. The summed E-state index contributed by atoms with van der Waals surface area (Å²) >= 11 is 1.43. The smallest absolute Gasteiger partial charge is 0.256 e. The van der Waals surface area contributed by atoms with Crippen LogP contribution in [0, 0.1) is 12.7 Å². The molecule has 1 heterocycles. The number of benzene rings is 2. The van der Waals surface area contributed by atoms with E-state index >= 15 is 0 Å². The van der Waals surface area contributed by atoms with Crippen molar-refractivity contribution in [2.45, 2.75) is 23.5 Å². The predicted octanol–water partition coefficient (Wildman–Crippen LogP) is 3.67. The number of anilines is 1. The van der Waals surface area contributed by atoms with Gasteiger partial charge in [0.25, 0.3) is 5.91 Å². The number of amides is 1. The van der Waals surface area contributed by atoms with E-state index in [-0.39, 0.29) is 28.5 Å². The molecule has 1 amide bonds. The van der Waals surface area contributed by atoms with Gasteiger partial charge in [-0.25, -0.2) is 12.8 Å². The highest BCUT2D eigenvalue weighted by Gasteiger charge is 2.29. The topological polar surface area (TPSA) is 63.2 Å². The molecule has 1 fully saturated rings. The molecule has 132 valence electrons. The zero-order chi connectivity index (χ0) is 18.0. The Morgan fingerprint density at radius 2 is 2.00 bits per heavy atom. The van der Waals surface area contributed by atoms with Crippen LogP contribution < -0.4 is 5.32 Å². The first kappa shape index (κ1) is 17.9. The second kappa shape index (κ2) is 7.17. The number of rotatable bonds is 4. The molecule has 1 atom stereocenters. The first-order chi connectivity index (χ1) is 11.8. The lowest BCUT2D eigenvalue weighted by Gasteiger charge is -2.13. The minimum Gasteiger partial charge on any atom is -0.322 e. The normalized spacial score (nSPS) is 18.9. The van der Waals surface area contributed by atoms with Crippen LogP contribution in [-0.2, 0) is 9.84 Å². The molecule has 0 bridgehead atoms. The number of thioether (sulfide) groups is 1. The summed E-state index contributed by atoms with van der Waals surface area (Å²) in [5.74, 6) is -0.300. The third-order valence-electron chi connectivity index (χ3n) is 4.05. The lowest BCUT2D eigenvalue weighted by atomic mass is 10.1. The number of carbonyl (C=O) groups is 1. The van der Waals surface area contributed by atoms with Gasteiger partial charge in [0.1, 0.15) is 5.82 Å². The van der Waals surface area contributed by atoms with Crippen LogP contribution in [0.1, 0.15) is 22.3 Å². The minimum absolute atomic E-state index is 0.0356. The molecule has 0 aromatic heterocycles. The van der Waals surface area contributed by atoms with E-state index in [4.69, 9.17) is 0 Å². The average Bonchev–Trinajstić information content (AvgIpc) is 2.89. The van der Waals surface area contributed by atoms with Crippen LogP contribution in [0.25, 0.3) is 0 Å². The standard InChI is InChI=1S/C18H18FNO3S2/c1-12-10-13(19)6-7-16(12)20-18(21)15-4-2-3-5-17(15)24-14-8-9-25(22,23)11-14/h2-7,10,14H,8-9,11H2,1H3,(H,20,21)/t14-/m0/s1. The van der Waals surface area contributed by atoms with Gasteiger partial charge in [0.05, 0.1) is 17.1 Å². The van der Waals surface area contributed by atoms with Crippen molar-refractivity contribution in [1.82, 2.24) is 0 Å². The van der Waals surface area contributed by atoms with E-state index in [1.807, 2.05) is 12.1 Å². The summed E-state index contributed by atoms with van der Waals surface area (Å²) in [7, 11) is -2.96. The third kappa shape index (κ3) is 4.41. The molecule has 0 aliphatic carbocycles. The molecule has 1 aliphatic rings. The Morgan fingerprint density at radius 3 is 2.68 bits per heavy atom. The van der Waals surface area contributed by atoms with Gasteiger partial charge >= 0.3 is 0 Å². The van der Waals surface area contributed by atoms with E-state index in [1.54, 1.807) is 19.1 Å². The zero-order valence-electron chi connectivity index (χ0n) is 13.7. The Labute approximate surface area is 150 Å². The Kier molecular flexibility index (Phi) is 5.15. The van der Waals surface area contributed by atoms with Crippen LogP contribution in [0.3, 0.4) is 0 Å². The van der Waals surface area contributed by atoms with Crippen LogP contribution in [0.15, 0.2) is 47.4 Å². The summed E-state index contributed by atoms with van der Waals surface area (Å²) in [6.45, 7) is 1.72. The van der Waals surface area contributed by atoms with Gasteiger partial charge < -0.3 is 5.32 Å². The summed E-state index contributed by atoms with van der Waals surface area (Å²) in [5.41, 5.74) is 1.68. The van der Waals surface area contributed by atoms with E-state index < -0.39 is 9.84 Å². The van der Waals surface area contributed by atoms with Gasteiger partial charge in [0.2, 0.25) is 0 Å². The van der Waals surface area contributed by atoms with Gasteiger partial charge in [0, 0.05) is 15.8 Å². The Bertz CT molecular complexity index is 912. The number of aryl methyl sites for hydroxylation is 1. The molecule has 2 aromatic carbocycles. The van der Waals surface area contributed by atoms with Gasteiger partial charge in [-0.05, 0) is 49.2 Å². The first-order valence-corrected chi connectivity index (χ1v) is 10.6. The maximum Gasteiger partial charge on any atom is 0.256 e. The van der Waals surface area contributed by atoms with Crippen LogP contribution in [0.4, 0.5) is 10.1 Å². The number of sulfone groups is 1. The second-order valence-electron chi connectivity index (χ2n) is 6.05. The quantitative estimate of drug-likeness (QED) is 0.880. The van der Waals surface area contributed by atoms with E-state index in [1.165, 1.54) is 30.0 Å². The molecule has 2 aromatic rings. The second-order valence-corrected chi connectivity index (χ2v) is 9.62. The average molecular weight is 379 g/mol. The zero-order valence-corrected chi connectivity index (χ0v) is 15.3. The van der Waals surface area contributed by atoms with E-state index in [0.29, 0.717) is 23.2 Å². The molecular weight excluding hydrogens is 361 g/mol. The van der Waals surface area contributed by atoms with Crippen molar-refractivity contribution in [3.8, 4) is 0 Å². The summed E-state index contributed by atoms with van der Waals surface area (Å²) in [6.07, 6.45) is 0.597. The maximum absolute atomic E-state index is 13.2. The molecule has 0 saturated carbocycles. The lowest BCUT2D eigenvalue weighted by molar-refractivity contribution is 0.102. The highest BCUT2D eigenvalue weighted by molar-refractivity contribution is 8.02. The van der Waals surface area contributed by atoms with Crippen LogP contribution in [0.2, 0.25) is 0 Å². The van der Waals surface area contributed by atoms with Crippen molar-refractivity contribution in [2.75, 3.05) is 16.8 Å². The predicted molar refractivity (Wildman–Crippen MR) is 98.4 cm³/mol. The number of hydrogen-bond acceptors (Lipinski definition) is 4. The molecule has 1 aliphatic heterocycles. The SMILES string of the molecule is Cc1cc(F)ccc1NC(=O)c1ccccc1S[C@H]1CCS(=O)(=O)C1. The highest BCUT2D eigenvalue weighted by atomic mass is 32.2. The Morgan fingerprint density at radius 1 is 1.24 bits per heavy atom. The maximum atomic E-state index is 13.2. The number of carbonyl (C=O) groups excluding carboxylic acids is 1. The molecular formula is C18H18FNO3S2. The number of hydrogen-bond donors (Lipinski definition) is 1. The van der Waals surface area contributed by atoms with Gasteiger partial charge in [0.15, 0.2) is 9.84 Å². The first-order valence-electron chi connectivity index (χ1n) is 7.88. The molecule has 1 saturated heterocycles. The largest absolute Gasteiger partial charge is 0.322 e. The van der Waals surface area contributed by atoms with Crippen molar-refractivity contribution in [1.29, 1.82) is 0 Å². The number of halogens is 1. The fraction of sp³-hybridized carbons (Fsp3) is 0.278. The summed E-state index contributed by atoms with van der Waals surface area (Å²) in [4.78, 5) is 13.4. The molecule has 4 nitrogen and oxygen atoms in total. The monoisotopic (exact) mass is 379 g/mol. The van der Waals surface area contributed by atoms with Crippen LogP contribution in [-0.4, -0.2) is 31.1 Å². The summed E-state index contributed by atoms with van der Waals surface area (Å²) in [5, 5.41) is 2.76. The van der Waals surface area contributed by atoms with Crippen molar-refractivity contribution < 1.29 is 17.6 Å². The van der Waals surface area contributed by atoms with E-state index in [2.05, 4.69) is 5.32 Å². The molecule has 25 heavy (non-hydrogen) atoms. The Hall–Kier alpha value is -1.86. The highest BCUT2D eigenvalue weighted by Crippen LogP contribution is 2.33. The molecule has 3 rings (SSSR count). The van der Waals surface area contributed by atoms with E-state index in [0.717, 1.165) is 4.90 Å². The lowest BCUT2D eigenvalue weighted by Crippen LogP contribution is -2.15. The summed E-state index contributed by atoms with van der Waals surface area (Å²) < 4.78 is 36.5. The van der Waals surface area contributed by atoms with Gasteiger partial charge in [-0.1, -0.05) is 12.1 Å². The van der Waals surface area contributed by atoms with Crippen molar-refractivity contribution >= 4 is 33.2 Å². The third-order valence-corrected chi connectivity index (χ3v) is 7.38. The van der Waals surface area contributed by atoms with Crippen molar-refractivity contribution in [2.24, 2.45) is 0 Å². The fourth-order valence-corrected chi connectivity index (χ4v) is 6.37. The molecule has 1 N–H and O–H groups in total. The minimum atomic E-state index is -2.96. The van der Waals surface area contributed by atoms with Crippen molar-refractivity contribution in [3.05, 3.63) is 59.4 Å². The van der Waals surface area contributed by atoms with Gasteiger partial charge in [-0.2, -0.15) is 0 Å². The summed E-state index contributed by atoms with van der Waals surface area (Å²) in [6, 6.07) is 11.3. The van der Waals surface area contributed by atoms with Crippen LogP contribution >= 0.6 is 11.8 Å². The van der Waals surface area contributed by atoms with Gasteiger partial charge in [-0.3, -0.25) is 4.79 Å². The van der Waals surface area contributed by atoms with Crippen molar-refractivity contribution in [3.63, 3.8) is 0 Å². The molecule has 7 heteroatoms. The molecule has 0 radical (unpaired) electrons. The van der Waals surface area contributed by atoms with Gasteiger partial charge in [-0.15, -0.1) is 11.8 Å². The number of nitrogens with one attached hydrogen (secondary N) is 1. The Balaban J connectivity index is 1.79. The van der Waals surface area contributed by atoms with E-state index in [9.17, 15) is 17.6 Å².